The Morgan fingerprint density at radius 1 is 1.43 bits per heavy atom. The molecule has 1 aromatic heterocycles. The molecule has 1 amide bonds. The van der Waals surface area contributed by atoms with Crippen molar-refractivity contribution >= 4 is 23.2 Å². The Morgan fingerprint density at radius 2 is 2.19 bits per heavy atom. The normalized spacial score (nSPS) is 14.2. The molecule has 1 heterocycles. The fraction of sp³-hybridized carbons (Fsp3) is 0.267. The number of rotatable bonds is 4. The predicted octanol–water partition coefficient (Wildman–Crippen LogP) is 3.13. The molecule has 3 N–H and O–H groups in total. The molecule has 6 heteroatoms. The van der Waals surface area contributed by atoms with Crippen LogP contribution in [-0.4, -0.2) is 10.5 Å². The van der Waals surface area contributed by atoms with Gasteiger partial charge in [-0.3, -0.25) is 4.79 Å². The summed E-state index contributed by atoms with van der Waals surface area (Å²) in [7, 11) is 0. The van der Waals surface area contributed by atoms with Gasteiger partial charge in [0, 0.05) is 18.8 Å². The molecule has 4 nitrogen and oxygen atoms in total. The zero-order valence-corrected chi connectivity index (χ0v) is 12.0. The van der Waals surface area contributed by atoms with Crippen LogP contribution in [0.2, 0.25) is 5.02 Å². The van der Waals surface area contributed by atoms with Gasteiger partial charge in [-0.25, -0.2) is 4.39 Å². The maximum atomic E-state index is 13.1. The Bertz CT molecular complexity index is 694. The van der Waals surface area contributed by atoms with Crippen LogP contribution >= 0.6 is 11.6 Å². The van der Waals surface area contributed by atoms with Gasteiger partial charge in [-0.2, -0.15) is 0 Å². The second-order valence-electron chi connectivity index (χ2n) is 5.23. The lowest BCUT2D eigenvalue weighted by Gasteiger charge is -2.09. The van der Waals surface area contributed by atoms with E-state index in [1.807, 2.05) is 4.57 Å². The highest BCUT2D eigenvalue weighted by atomic mass is 35.5. The van der Waals surface area contributed by atoms with E-state index in [-0.39, 0.29) is 17.5 Å². The first-order chi connectivity index (χ1) is 10.0. The summed E-state index contributed by atoms with van der Waals surface area (Å²) >= 11 is 5.72. The molecular formula is C15H15ClFN3O. The van der Waals surface area contributed by atoms with Crippen molar-refractivity contribution in [1.82, 2.24) is 9.88 Å². The first kappa shape index (κ1) is 13.9. The van der Waals surface area contributed by atoms with E-state index >= 15 is 0 Å². The van der Waals surface area contributed by atoms with E-state index in [1.165, 1.54) is 12.1 Å². The monoisotopic (exact) mass is 307 g/mol. The zero-order chi connectivity index (χ0) is 15.0. The summed E-state index contributed by atoms with van der Waals surface area (Å²) in [6.07, 6.45) is 3.94. The van der Waals surface area contributed by atoms with Crippen molar-refractivity contribution in [1.29, 1.82) is 0 Å². The number of hydrogen-bond acceptors (Lipinski definition) is 2. The maximum absolute atomic E-state index is 13.1. The molecule has 1 aliphatic carbocycles. The van der Waals surface area contributed by atoms with Gasteiger partial charge in [-0.15, -0.1) is 0 Å². The van der Waals surface area contributed by atoms with Crippen molar-refractivity contribution in [3.05, 3.63) is 52.6 Å². The molecule has 0 radical (unpaired) electrons. The van der Waals surface area contributed by atoms with Gasteiger partial charge in [0.2, 0.25) is 0 Å². The van der Waals surface area contributed by atoms with E-state index in [9.17, 15) is 9.18 Å². The van der Waals surface area contributed by atoms with Gasteiger partial charge in [-0.1, -0.05) is 17.7 Å². The molecule has 0 aliphatic heterocycles. The van der Waals surface area contributed by atoms with Crippen molar-refractivity contribution in [2.75, 3.05) is 5.73 Å². The predicted molar refractivity (Wildman–Crippen MR) is 79.7 cm³/mol. The summed E-state index contributed by atoms with van der Waals surface area (Å²) in [5.41, 5.74) is 7.65. The number of carbonyl (C=O) groups excluding carboxylic acids is 1. The van der Waals surface area contributed by atoms with Gasteiger partial charge in [0.05, 0.1) is 10.7 Å². The molecule has 3 rings (SSSR count). The third-order valence-corrected chi connectivity index (χ3v) is 3.77. The smallest absolute Gasteiger partial charge is 0.268 e. The number of halogens is 2. The third-order valence-electron chi connectivity index (χ3n) is 3.48. The van der Waals surface area contributed by atoms with Crippen LogP contribution in [0.5, 0.6) is 0 Å². The lowest BCUT2D eigenvalue weighted by molar-refractivity contribution is 0.0941. The summed E-state index contributed by atoms with van der Waals surface area (Å²) in [6.45, 7) is 0.286. The van der Waals surface area contributed by atoms with E-state index in [0.717, 1.165) is 18.4 Å². The van der Waals surface area contributed by atoms with Crippen LogP contribution < -0.4 is 11.1 Å². The van der Waals surface area contributed by atoms with Crippen molar-refractivity contribution in [3.8, 4) is 0 Å². The second kappa shape index (κ2) is 5.41. The number of hydrogen-bond donors (Lipinski definition) is 2. The number of nitrogens with two attached hydrogens (primary N) is 1. The van der Waals surface area contributed by atoms with E-state index in [1.54, 1.807) is 18.3 Å². The molecule has 1 aromatic carbocycles. The third kappa shape index (κ3) is 3.03. The molecule has 1 saturated carbocycles. The Kier molecular flexibility index (Phi) is 3.59. The van der Waals surface area contributed by atoms with Crippen LogP contribution in [0.1, 0.15) is 34.9 Å². The van der Waals surface area contributed by atoms with Crippen LogP contribution in [-0.2, 0) is 6.54 Å². The quantitative estimate of drug-likeness (QED) is 0.911. The molecule has 2 aromatic rings. The van der Waals surface area contributed by atoms with Crippen LogP contribution in [0.4, 0.5) is 10.1 Å². The molecule has 1 aliphatic rings. The van der Waals surface area contributed by atoms with Crippen molar-refractivity contribution in [3.63, 3.8) is 0 Å². The van der Waals surface area contributed by atoms with Crippen LogP contribution in [0, 0.1) is 5.82 Å². The number of nitrogens with one attached hydrogen (secondary N) is 1. The van der Waals surface area contributed by atoms with E-state index in [2.05, 4.69) is 5.32 Å². The highest BCUT2D eigenvalue weighted by Crippen LogP contribution is 2.37. The minimum absolute atomic E-state index is 0.0485. The van der Waals surface area contributed by atoms with E-state index in [0.29, 0.717) is 17.4 Å². The average Bonchev–Trinajstić information content (AvgIpc) is 3.22. The number of carbonyl (C=O) groups is 1. The fourth-order valence-corrected chi connectivity index (χ4v) is 2.46. The average molecular weight is 308 g/mol. The summed E-state index contributed by atoms with van der Waals surface area (Å²) in [5, 5.41) is 2.85. The summed E-state index contributed by atoms with van der Waals surface area (Å²) < 4.78 is 15.0. The van der Waals surface area contributed by atoms with Gasteiger partial charge in [-0.05, 0) is 36.6 Å². The Labute approximate surface area is 126 Å². The number of nitrogen functional groups attached to an aromatic ring is 1. The molecule has 1 fully saturated rings. The standard InChI is InChI=1S/C15H15ClFN3O/c16-12-5-9(1-4-13(12)17)7-19-15(21)14-6-10(18)8-20(14)11-2-3-11/h1,4-6,8,11H,2-3,7,18H2,(H,19,21). The minimum atomic E-state index is -0.470. The SMILES string of the molecule is Nc1cc(C(=O)NCc2ccc(F)c(Cl)c2)n(C2CC2)c1. The van der Waals surface area contributed by atoms with Crippen LogP contribution in [0.25, 0.3) is 0 Å². The Balaban J connectivity index is 1.70. The van der Waals surface area contributed by atoms with Crippen molar-refractivity contribution in [2.45, 2.75) is 25.4 Å². The maximum Gasteiger partial charge on any atom is 0.268 e. The number of anilines is 1. The largest absolute Gasteiger partial charge is 0.397 e. The second-order valence-corrected chi connectivity index (χ2v) is 5.64. The topological polar surface area (TPSA) is 60.1 Å². The zero-order valence-electron chi connectivity index (χ0n) is 11.3. The first-order valence-corrected chi connectivity index (χ1v) is 7.12. The molecule has 0 spiro atoms. The fourth-order valence-electron chi connectivity index (χ4n) is 2.26. The Morgan fingerprint density at radius 3 is 2.86 bits per heavy atom. The van der Waals surface area contributed by atoms with E-state index < -0.39 is 5.82 Å². The highest BCUT2D eigenvalue weighted by molar-refractivity contribution is 6.30. The lowest BCUT2D eigenvalue weighted by Crippen LogP contribution is -2.25. The molecule has 0 bridgehead atoms. The molecule has 110 valence electrons. The summed E-state index contributed by atoms with van der Waals surface area (Å²) in [4.78, 5) is 12.2. The molecule has 0 unspecified atom stereocenters. The van der Waals surface area contributed by atoms with Gasteiger partial charge >= 0.3 is 0 Å². The summed E-state index contributed by atoms with van der Waals surface area (Å²) in [5.74, 6) is -0.666. The highest BCUT2D eigenvalue weighted by Gasteiger charge is 2.27. The molecular weight excluding hydrogens is 293 g/mol. The lowest BCUT2D eigenvalue weighted by atomic mass is 10.2. The number of nitrogens with zero attached hydrogens (tertiary/aromatic N) is 1. The number of benzene rings is 1. The van der Waals surface area contributed by atoms with Crippen molar-refractivity contribution < 1.29 is 9.18 Å². The van der Waals surface area contributed by atoms with Gasteiger partial charge < -0.3 is 15.6 Å². The van der Waals surface area contributed by atoms with Crippen LogP contribution in [0.15, 0.2) is 30.5 Å². The number of amides is 1. The van der Waals surface area contributed by atoms with E-state index in [4.69, 9.17) is 17.3 Å². The summed E-state index contributed by atoms with van der Waals surface area (Å²) in [6, 6.07) is 6.43. The van der Waals surface area contributed by atoms with Gasteiger partial charge in [0.25, 0.3) is 5.91 Å². The molecule has 0 saturated heterocycles. The molecule has 0 atom stereocenters. The first-order valence-electron chi connectivity index (χ1n) is 6.74. The minimum Gasteiger partial charge on any atom is -0.397 e. The van der Waals surface area contributed by atoms with Gasteiger partial charge in [0.1, 0.15) is 11.5 Å². The number of aromatic nitrogens is 1. The van der Waals surface area contributed by atoms with Gasteiger partial charge in [0.15, 0.2) is 0 Å². The van der Waals surface area contributed by atoms with Crippen molar-refractivity contribution in [2.24, 2.45) is 0 Å². The molecule has 21 heavy (non-hydrogen) atoms. The Hall–Kier alpha value is -2.01. The van der Waals surface area contributed by atoms with Crippen LogP contribution in [0.3, 0.4) is 0 Å².